The molecule has 1 heterocycles. The Morgan fingerprint density at radius 2 is 2.20 bits per heavy atom. The average molecular weight is 209 g/mol. The number of aromatic nitrogens is 2. The van der Waals surface area contributed by atoms with Crippen molar-refractivity contribution in [1.29, 1.82) is 0 Å². The second-order valence-electron chi connectivity index (χ2n) is 5.06. The molecule has 0 saturated heterocycles. The molecule has 0 aliphatic carbocycles. The molecule has 0 aliphatic heterocycles. The molecule has 0 aromatic carbocycles. The predicted octanol–water partition coefficient (Wildman–Crippen LogP) is 2.22. The van der Waals surface area contributed by atoms with Gasteiger partial charge in [-0.15, -0.1) is 0 Å². The van der Waals surface area contributed by atoms with Crippen LogP contribution in [-0.4, -0.2) is 22.9 Å². The van der Waals surface area contributed by atoms with Crippen molar-refractivity contribution in [2.24, 2.45) is 5.41 Å². The highest BCUT2D eigenvalue weighted by atomic mass is 15.3. The van der Waals surface area contributed by atoms with Gasteiger partial charge in [0, 0.05) is 19.3 Å². The minimum Gasteiger partial charge on any atom is -0.316 e. The van der Waals surface area contributed by atoms with Crippen LogP contribution in [0.5, 0.6) is 0 Å². The fourth-order valence-corrected chi connectivity index (χ4v) is 1.65. The van der Waals surface area contributed by atoms with E-state index in [0.29, 0.717) is 0 Å². The maximum atomic E-state index is 4.32. The fraction of sp³-hybridized carbons (Fsp3) is 0.750. The Bertz CT molecular complexity index is 289. The van der Waals surface area contributed by atoms with Crippen molar-refractivity contribution in [3.8, 4) is 0 Å². The molecule has 0 atom stereocenters. The first-order chi connectivity index (χ1) is 7.03. The maximum absolute atomic E-state index is 4.32. The molecule has 0 radical (unpaired) electrons. The van der Waals surface area contributed by atoms with E-state index in [2.05, 4.69) is 44.3 Å². The first kappa shape index (κ1) is 12.2. The molecule has 1 aromatic heterocycles. The minimum atomic E-state index is 0.258. The number of nitrogens with one attached hydrogen (secondary N) is 1. The second-order valence-corrected chi connectivity index (χ2v) is 5.06. The average Bonchev–Trinajstić information content (AvgIpc) is 2.50. The van der Waals surface area contributed by atoms with E-state index in [9.17, 15) is 0 Å². The third kappa shape index (κ3) is 4.47. The molecule has 1 rings (SSSR count). The molecule has 1 N–H and O–H groups in total. The Morgan fingerprint density at radius 1 is 1.47 bits per heavy atom. The van der Waals surface area contributed by atoms with Gasteiger partial charge in [0.15, 0.2) is 0 Å². The molecular weight excluding hydrogens is 186 g/mol. The number of nitrogens with zero attached hydrogens (tertiary/aromatic N) is 2. The molecule has 0 unspecified atom stereocenters. The lowest BCUT2D eigenvalue weighted by atomic mass is 9.93. The van der Waals surface area contributed by atoms with E-state index in [4.69, 9.17) is 0 Å². The highest BCUT2D eigenvalue weighted by Gasteiger charge is 2.18. The van der Waals surface area contributed by atoms with E-state index in [-0.39, 0.29) is 5.41 Å². The fourth-order valence-electron chi connectivity index (χ4n) is 1.65. The Balaban J connectivity index is 2.41. The lowest BCUT2D eigenvalue weighted by Gasteiger charge is -2.24. The van der Waals surface area contributed by atoms with Crippen LogP contribution in [0.15, 0.2) is 12.4 Å². The van der Waals surface area contributed by atoms with Gasteiger partial charge < -0.3 is 5.32 Å². The molecule has 0 amide bonds. The lowest BCUT2D eigenvalue weighted by Crippen LogP contribution is -2.33. The maximum Gasteiger partial charge on any atom is 0.0518 e. The summed E-state index contributed by atoms with van der Waals surface area (Å²) in [6, 6.07) is 0. The van der Waals surface area contributed by atoms with Crippen LogP contribution in [-0.2, 0) is 6.54 Å². The first-order valence-corrected chi connectivity index (χ1v) is 5.73. The third-order valence-corrected chi connectivity index (χ3v) is 2.38. The van der Waals surface area contributed by atoms with Crippen LogP contribution in [0.4, 0.5) is 0 Å². The number of rotatable bonds is 6. The Labute approximate surface area is 92.9 Å². The molecule has 0 fully saturated rings. The summed E-state index contributed by atoms with van der Waals surface area (Å²) in [5.41, 5.74) is 1.49. The molecule has 0 aliphatic rings. The van der Waals surface area contributed by atoms with Gasteiger partial charge in [0.25, 0.3) is 0 Å². The van der Waals surface area contributed by atoms with Gasteiger partial charge >= 0.3 is 0 Å². The molecule has 0 bridgehead atoms. The standard InChI is InChI=1S/C12H23N3/c1-5-6-13-9-12(3,4)10-15-8-11(2)7-14-15/h7-8,13H,5-6,9-10H2,1-4H3. The minimum absolute atomic E-state index is 0.258. The third-order valence-electron chi connectivity index (χ3n) is 2.38. The van der Waals surface area contributed by atoms with Crippen LogP contribution in [0.2, 0.25) is 0 Å². The van der Waals surface area contributed by atoms with Crippen molar-refractivity contribution in [1.82, 2.24) is 15.1 Å². The van der Waals surface area contributed by atoms with Gasteiger partial charge in [-0.25, -0.2) is 0 Å². The zero-order valence-corrected chi connectivity index (χ0v) is 10.4. The van der Waals surface area contributed by atoms with Crippen molar-refractivity contribution >= 4 is 0 Å². The molecule has 15 heavy (non-hydrogen) atoms. The molecule has 86 valence electrons. The molecule has 1 aromatic rings. The summed E-state index contributed by atoms with van der Waals surface area (Å²) in [5.74, 6) is 0. The monoisotopic (exact) mass is 209 g/mol. The van der Waals surface area contributed by atoms with Gasteiger partial charge in [-0.2, -0.15) is 5.10 Å². The van der Waals surface area contributed by atoms with Crippen LogP contribution in [0.1, 0.15) is 32.8 Å². The summed E-state index contributed by atoms with van der Waals surface area (Å²) >= 11 is 0. The quantitative estimate of drug-likeness (QED) is 0.728. The molecule has 0 spiro atoms. The van der Waals surface area contributed by atoms with Crippen molar-refractivity contribution in [2.45, 2.75) is 40.7 Å². The lowest BCUT2D eigenvalue weighted by molar-refractivity contribution is 0.277. The Hall–Kier alpha value is -0.830. The number of hydrogen-bond acceptors (Lipinski definition) is 2. The van der Waals surface area contributed by atoms with E-state index in [1.165, 1.54) is 12.0 Å². The highest BCUT2D eigenvalue weighted by molar-refractivity contribution is 4.99. The summed E-state index contributed by atoms with van der Waals surface area (Å²) in [6.45, 7) is 11.9. The van der Waals surface area contributed by atoms with Crippen molar-refractivity contribution < 1.29 is 0 Å². The molecule has 3 nitrogen and oxygen atoms in total. The number of aryl methyl sites for hydroxylation is 1. The normalized spacial score (nSPS) is 12.0. The number of hydrogen-bond donors (Lipinski definition) is 1. The summed E-state index contributed by atoms with van der Waals surface area (Å²) in [7, 11) is 0. The van der Waals surface area contributed by atoms with E-state index >= 15 is 0 Å². The summed E-state index contributed by atoms with van der Waals surface area (Å²) < 4.78 is 2.03. The largest absolute Gasteiger partial charge is 0.316 e. The SMILES string of the molecule is CCCNCC(C)(C)Cn1cc(C)cn1. The predicted molar refractivity (Wildman–Crippen MR) is 63.9 cm³/mol. The van der Waals surface area contributed by atoms with Gasteiger partial charge in [-0.05, 0) is 30.9 Å². The van der Waals surface area contributed by atoms with Crippen LogP contribution < -0.4 is 5.32 Å². The van der Waals surface area contributed by atoms with Crippen LogP contribution in [0.3, 0.4) is 0 Å². The van der Waals surface area contributed by atoms with Gasteiger partial charge in [0.2, 0.25) is 0 Å². The summed E-state index contributed by atoms with van der Waals surface area (Å²) in [4.78, 5) is 0. The van der Waals surface area contributed by atoms with Gasteiger partial charge in [-0.3, -0.25) is 4.68 Å². The van der Waals surface area contributed by atoms with Crippen LogP contribution in [0.25, 0.3) is 0 Å². The van der Waals surface area contributed by atoms with E-state index in [1.54, 1.807) is 0 Å². The van der Waals surface area contributed by atoms with Gasteiger partial charge in [-0.1, -0.05) is 20.8 Å². The zero-order chi connectivity index (χ0) is 11.3. The zero-order valence-electron chi connectivity index (χ0n) is 10.4. The Kier molecular flexibility index (Phi) is 4.33. The van der Waals surface area contributed by atoms with E-state index < -0.39 is 0 Å². The summed E-state index contributed by atoms with van der Waals surface area (Å²) in [5, 5.41) is 7.78. The van der Waals surface area contributed by atoms with Crippen LogP contribution in [0, 0.1) is 12.3 Å². The van der Waals surface area contributed by atoms with E-state index in [0.717, 1.165) is 19.6 Å². The Morgan fingerprint density at radius 3 is 2.73 bits per heavy atom. The van der Waals surface area contributed by atoms with Gasteiger partial charge in [0.1, 0.15) is 0 Å². The van der Waals surface area contributed by atoms with E-state index in [1.807, 2.05) is 10.9 Å². The first-order valence-electron chi connectivity index (χ1n) is 5.73. The topological polar surface area (TPSA) is 29.9 Å². The van der Waals surface area contributed by atoms with Crippen molar-refractivity contribution in [3.05, 3.63) is 18.0 Å². The van der Waals surface area contributed by atoms with Crippen molar-refractivity contribution in [2.75, 3.05) is 13.1 Å². The van der Waals surface area contributed by atoms with Crippen LogP contribution >= 0.6 is 0 Å². The van der Waals surface area contributed by atoms with Gasteiger partial charge in [0.05, 0.1) is 6.20 Å². The van der Waals surface area contributed by atoms with Crippen molar-refractivity contribution in [3.63, 3.8) is 0 Å². The molecule has 0 saturated carbocycles. The second kappa shape index (κ2) is 5.31. The highest BCUT2D eigenvalue weighted by Crippen LogP contribution is 2.16. The molecular formula is C12H23N3. The summed E-state index contributed by atoms with van der Waals surface area (Å²) in [6.07, 6.45) is 5.20. The smallest absolute Gasteiger partial charge is 0.0518 e. The molecule has 3 heteroatoms.